The number of hydrogen-bond donors (Lipinski definition) is 2. The molecule has 19 heavy (non-hydrogen) atoms. The fourth-order valence-electron chi connectivity index (χ4n) is 1.81. The van der Waals surface area contributed by atoms with Crippen LogP contribution in [-0.4, -0.2) is 46.1 Å². The second-order valence-corrected chi connectivity index (χ2v) is 5.34. The van der Waals surface area contributed by atoms with Gasteiger partial charge in [0, 0.05) is 18.0 Å². The van der Waals surface area contributed by atoms with Gasteiger partial charge < -0.3 is 15.2 Å². The van der Waals surface area contributed by atoms with E-state index in [1.807, 2.05) is 0 Å². The largest absolute Gasteiger partial charge is 0.481 e. The van der Waals surface area contributed by atoms with Crippen LogP contribution in [0.25, 0.3) is 0 Å². The molecule has 6 nitrogen and oxygen atoms in total. The van der Waals surface area contributed by atoms with Gasteiger partial charge in [-0.25, -0.2) is 9.78 Å². The Kier molecular flexibility index (Phi) is 3.94. The summed E-state index contributed by atoms with van der Waals surface area (Å²) in [6, 6.07) is 3.12. The van der Waals surface area contributed by atoms with Gasteiger partial charge in [-0.15, -0.1) is 0 Å². The number of thioether (sulfide) groups is 1. The Morgan fingerprint density at radius 3 is 2.79 bits per heavy atom. The van der Waals surface area contributed by atoms with Crippen molar-refractivity contribution in [2.75, 3.05) is 18.6 Å². The molecule has 0 aromatic carbocycles. The third kappa shape index (κ3) is 2.81. The maximum absolute atomic E-state index is 12.0. The Morgan fingerprint density at radius 1 is 1.53 bits per heavy atom. The lowest BCUT2D eigenvalue weighted by atomic mass is 9.98. The zero-order valence-corrected chi connectivity index (χ0v) is 11.2. The van der Waals surface area contributed by atoms with Gasteiger partial charge in [0.25, 0.3) is 5.91 Å². The second kappa shape index (κ2) is 5.48. The van der Waals surface area contributed by atoms with Crippen molar-refractivity contribution in [2.45, 2.75) is 12.0 Å². The standard InChI is InChI=1S/C12H14N2O4S/c1-18-9-3-2-8(6-13-9)10(15)14-12(11(16)17)4-5-19-7-12/h2-3,6H,4-5,7H2,1H3,(H,14,15)(H,16,17). The van der Waals surface area contributed by atoms with Crippen molar-refractivity contribution in [3.63, 3.8) is 0 Å². The smallest absolute Gasteiger partial charge is 0.330 e. The minimum atomic E-state index is -1.17. The number of aromatic nitrogens is 1. The number of carboxylic acids is 1. The first-order valence-electron chi connectivity index (χ1n) is 5.71. The predicted molar refractivity (Wildman–Crippen MR) is 70.6 cm³/mol. The fraction of sp³-hybridized carbons (Fsp3) is 0.417. The lowest BCUT2D eigenvalue weighted by Crippen LogP contribution is -2.54. The van der Waals surface area contributed by atoms with Crippen molar-refractivity contribution in [2.24, 2.45) is 0 Å². The first kappa shape index (κ1) is 13.7. The van der Waals surface area contributed by atoms with Gasteiger partial charge in [0.2, 0.25) is 5.88 Å². The van der Waals surface area contributed by atoms with E-state index in [1.54, 1.807) is 12.1 Å². The third-order valence-corrected chi connectivity index (χ3v) is 4.18. The first-order valence-corrected chi connectivity index (χ1v) is 6.86. The number of pyridine rings is 1. The number of rotatable bonds is 4. The highest BCUT2D eigenvalue weighted by Gasteiger charge is 2.43. The lowest BCUT2D eigenvalue weighted by molar-refractivity contribution is -0.143. The molecule has 1 unspecified atom stereocenters. The van der Waals surface area contributed by atoms with Gasteiger partial charge in [-0.3, -0.25) is 4.79 Å². The predicted octanol–water partition coefficient (Wildman–Crippen LogP) is 0.780. The third-order valence-electron chi connectivity index (χ3n) is 2.99. The van der Waals surface area contributed by atoms with Crippen LogP contribution < -0.4 is 10.1 Å². The zero-order chi connectivity index (χ0) is 13.9. The number of hydrogen-bond acceptors (Lipinski definition) is 5. The van der Waals surface area contributed by atoms with Gasteiger partial charge in [0.1, 0.15) is 5.54 Å². The summed E-state index contributed by atoms with van der Waals surface area (Å²) in [5.41, 5.74) is -0.847. The summed E-state index contributed by atoms with van der Waals surface area (Å²) >= 11 is 1.52. The van der Waals surface area contributed by atoms with Crippen LogP contribution in [0.5, 0.6) is 5.88 Å². The van der Waals surface area contributed by atoms with Gasteiger partial charge in [0.05, 0.1) is 12.7 Å². The fourth-order valence-corrected chi connectivity index (χ4v) is 3.14. The summed E-state index contributed by atoms with van der Waals surface area (Å²) in [6.45, 7) is 0. The van der Waals surface area contributed by atoms with Crippen molar-refractivity contribution in [3.8, 4) is 5.88 Å². The molecule has 2 rings (SSSR count). The first-order chi connectivity index (χ1) is 9.07. The molecule has 0 saturated carbocycles. The van der Waals surface area contributed by atoms with Gasteiger partial charge >= 0.3 is 5.97 Å². The molecule has 0 radical (unpaired) electrons. The van der Waals surface area contributed by atoms with E-state index in [2.05, 4.69) is 10.3 Å². The minimum Gasteiger partial charge on any atom is -0.481 e. The average molecular weight is 282 g/mol. The Bertz CT molecular complexity index is 483. The number of methoxy groups -OCH3 is 1. The Labute approximate surface area is 114 Å². The number of ether oxygens (including phenoxy) is 1. The molecule has 1 amide bonds. The summed E-state index contributed by atoms with van der Waals surface area (Å²) in [4.78, 5) is 27.3. The van der Waals surface area contributed by atoms with Crippen molar-refractivity contribution in [1.29, 1.82) is 0 Å². The Morgan fingerprint density at radius 2 is 2.32 bits per heavy atom. The molecule has 0 aliphatic carbocycles. The van der Waals surface area contributed by atoms with E-state index in [-0.39, 0.29) is 0 Å². The highest BCUT2D eigenvalue weighted by atomic mass is 32.2. The van der Waals surface area contributed by atoms with E-state index in [4.69, 9.17) is 4.74 Å². The van der Waals surface area contributed by atoms with Gasteiger partial charge in [-0.2, -0.15) is 11.8 Å². The summed E-state index contributed by atoms with van der Waals surface area (Å²) in [5.74, 6) is 0.0961. The van der Waals surface area contributed by atoms with Crippen LogP contribution in [0.1, 0.15) is 16.8 Å². The highest BCUT2D eigenvalue weighted by molar-refractivity contribution is 7.99. The second-order valence-electron chi connectivity index (χ2n) is 4.23. The highest BCUT2D eigenvalue weighted by Crippen LogP contribution is 2.28. The van der Waals surface area contributed by atoms with E-state index >= 15 is 0 Å². The molecule has 1 aliphatic heterocycles. The Hall–Kier alpha value is -1.76. The normalized spacial score (nSPS) is 21.9. The molecule has 1 atom stereocenters. The molecule has 102 valence electrons. The zero-order valence-electron chi connectivity index (χ0n) is 10.4. The number of nitrogens with one attached hydrogen (secondary N) is 1. The van der Waals surface area contributed by atoms with E-state index in [0.29, 0.717) is 23.6 Å². The van der Waals surface area contributed by atoms with Gasteiger partial charge in [-0.05, 0) is 18.2 Å². The number of carbonyl (C=O) groups excluding carboxylic acids is 1. The minimum absolute atomic E-state index is 0.318. The van der Waals surface area contributed by atoms with Crippen LogP contribution in [0.2, 0.25) is 0 Å². The molecule has 1 aromatic heterocycles. The van der Waals surface area contributed by atoms with Crippen LogP contribution in [0.3, 0.4) is 0 Å². The number of nitrogens with zero attached hydrogens (tertiary/aromatic N) is 1. The van der Waals surface area contributed by atoms with Crippen LogP contribution in [0, 0.1) is 0 Å². The molecule has 7 heteroatoms. The molecule has 1 fully saturated rings. The summed E-state index contributed by atoms with van der Waals surface area (Å²) in [5, 5.41) is 11.9. The van der Waals surface area contributed by atoms with Crippen molar-refractivity contribution in [3.05, 3.63) is 23.9 Å². The van der Waals surface area contributed by atoms with E-state index in [0.717, 1.165) is 5.75 Å². The van der Waals surface area contributed by atoms with Crippen molar-refractivity contribution < 1.29 is 19.4 Å². The molecule has 0 spiro atoms. The van der Waals surface area contributed by atoms with E-state index in [9.17, 15) is 14.7 Å². The summed E-state index contributed by atoms with van der Waals surface area (Å²) < 4.78 is 4.90. The SMILES string of the molecule is COc1ccc(C(=O)NC2(C(=O)O)CCSC2)cn1. The van der Waals surface area contributed by atoms with Crippen molar-refractivity contribution in [1.82, 2.24) is 10.3 Å². The molecule has 1 aliphatic rings. The van der Waals surface area contributed by atoms with E-state index in [1.165, 1.54) is 25.1 Å². The average Bonchev–Trinajstić information content (AvgIpc) is 2.88. The summed E-state index contributed by atoms with van der Waals surface area (Å²) in [6.07, 6.45) is 1.80. The number of carboxylic acid groups (broad SMARTS) is 1. The maximum atomic E-state index is 12.0. The van der Waals surface area contributed by atoms with Gasteiger partial charge in [-0.1, -0.05) is 0 Å². The molecule has 2 heterocycles. The number of amides is 1. The number of carbonyl (C=O) groups is 2. The molecular formula is C12H14N2O4S. The Balaban J connectivity index is 2.13. The van der Waals surface area contributed by atoms with Crippen LogP contribution in [-0.2, 0) is 4.79 Å². The number of aliphatic carboxylic acids is 1. The van der Waals surface area contributed by atoms with Crippen LogP contribution in [0.4, 0.5) is 0 Å². The topological polar surface area (TPSA) is 88.5 Å². The monoisotopic (exact) mass is 282 g/mol. The molecule has 1 saturated heterocycles. The molecule has 0 bridgehead atoms. The van der Waals surface area contributed by atoms with Crippen molar-refractivity contribution >= 4 is 23.6 Å². The summed E-state index contributed by atoms with van der Waals surface area (Å²) in [7, 11) is 1.48. The van der Waals surface area contributed by atoms with Crippen LogP contribution in [0.15, 0.2) is 18.3 Å². The lowest BCUT2D eigenvalue weighted by Gasteiger charge is -2.24. The van der Waals surface area contributed by atoms with E-state index < -0.39 is 17.4 Å². The molecule has 1 aromatic rings. The quantitative estimate of drug-likeness (QED) is 0.848. The van der Waals surface area contributed by atoms with Gasteiger partial charge in [0.15, 0.2) is 0 Å². The molecule has 2 N–H and O–H groups in total. The maximum Gasteiger partial charge on any atom is 0.330 e. The van der Waals surface area contributed by atoms with Crippen LogP contribution >= 0.6 is 11.8 Å². The molecular weight excluding hydrogens is 268 g/mol.